The Morgan fingerprint density at radius 2 is 0.653 bits per heavy atom. The van der Waals surface area contributed by atoms with Gasteiger partial charge in [-0.2, -0.15) is 0 Å². The van der Waals surface area contributed by atoms with Crippen LogP contribution in [-0.2, 0) is 19.1 Å². The van der Waals surface area contributed by atoms with E-state index in [-0.39, 0.29) is 25.2 Å². The summed E-state index contributed by atoms with van der Waals surface area (Å²) in [7, 11) is 0. The molecule has 0 aliphatic rings. The second kappa shape index (κ2) is 39.7. The lowest BCUT2D eigenvalue weighted by molar-refractivity contribution is -0.152. The highest BCUT2D eigenvalue weighted by atomic mass is 16.6. The van der Waals surface area contributed by atoms with Gasteiger partial charge in [0.15, 0.2) is 0 Å². The van der Waals surface area contributed by atoms with Gasteiger partial charge in [0.1, 0.15) is 19.3 Å². The first-order chi connectivity index (χ1) is 24.0. The van der Waals surface area contributed by atoms with Gasteiger partial charge in [0.05, 0.1) is 0 Å². The molecule has 1 N–H and O–H groups in total. The Labute approximate surface area is 306 Å². The largest absolute Gasteiger partial charge is 0.463 e. The number of aliphatic hydroxyl groups is 1. The topological polar surface area (TPSA) is 72.8 Å². The minimum Gasteiger partial charge on any atom is -0.463 e. The summed E-state index contributed by atoms with van der Waals surface area (Å²) in [5, 5.41) is 10.0. The first-order valence-corrected chi connectivity index (χ1v) is 21.9. The summed E-state index contributed by atoms with van der Waals surface area (Å²) in [4.78, 5) is 24.0. The fraction of sp³-hybridized carbons (Fsp3) is 0.955. The molecule has 0 unspecified atom stereocenters. The highest BCUT2D eigenvalue weighted by Gasteiger charge is 2.12. The summed E-state index contributed by atoms with van der Waals surface area (Å²) in [6.45, 7) is 6.70. The van der Waals surface area contributed by atoms with Gasteiger partial charge in [-0.1, -0.05) is 220 Å². The quantitative estimate of drug-likeness (QED) is 0.0510. The van der Waals surface area contributed by atoms with Gasteiger partial charge in [-0.25, -0.2) is 0 Å². The summed E-state index contributed by atoms with van der Waals surface area (Å²) in [5.74, 6) is 0.312. The maximum Gasteiger partial charge on any atom is 0.305 e. The van der Waals surface area contributed by atoms with Crippen molar-refractivity contribution in [3.63, 3.8) is 0 Å². The number of esters is 2. The number of hydrogen-bond donors (Lipinski definition) is 1. The molecule has 5 heteroatoms. The highest BCUT2D eigenvalue weighted by Crippen LogP contribution is 2.16. The van der Waals surface area contributed by atoms with Crippen molar-refractivity contribution in [3.05, 3.63) is 0 Å². The molecule has 292 valence electrons. The average Bonchev–Trinajstić information content (AvgIpc) is 3.08. The Kier molecular flexibility index (Phi) is 38.8. The molecular formula is C44H86O5. The molecule has 0 aromatic rings. The first-order valence-electron chi connectivity index (χ1n) is 21.9. The van der Waals surface area contributed by atoms with Crippen molar-refractivity contribution in [2.75, 3.05) is 13.2 Å². The SMILES string of the molecule is CCCCCCCCCCCCCCCCCCC(=O)OC[C@@H](O)COC(=O)CCCCCCCCCCCCCCCCCCC(C)C. The fourth-order valence-corrected chi connectivity index (χ4v) is 6.68. The second-order valence-corrected chi connectivity index (χ2v) is 15.7. The van der Waals surface area contributed by atoms with Gasteiger partial charge in [-0.15, -0.1) is 0 Å². The van der Waals surface area contributed by atoms with Crippen molar-refractivity contribution in [2.24, 2.45) is 5.92 Å². The van der Waals surface area contributed by atoms with Crippen LogP contribution in [0.5, 0.6) is 0 Å². The molecule has 0 radical (unpaired) electrons. The van der Waals surface area contributed by atoms with Crippen molar-refractivity contribution in [2.45, 2.75) is 252 Å². The molecule has 0 aromatic carbocycles. The van der Waals surface area contributed by atoms with Gasteiger partial charge in [-0.05, 0) is 18.8 Å². The number of ether oxygens (including phenoxy) is 2. The lowest BCUT2D eigenvalue weighted by Crippen LogP contribution is -2.25. The third kappa shape index (κ3) is 41.2. The second-order valence-electron chi connectivity index (χ2n) is 15.7. The van der Waals surface area contributed by atoms with Crippen LogP contribution >= 0.6 is 0 Å². The van der Waals surface area contributed by atoms with Crippen LogP contribution in [0.3, 0.4) is 0 Å². The summed E-state index contributed by atoms with van der Waals surface area (Å²) < 4.78 is 10.4. The molecule has 0 amide bonds. The number of carbonyl (C=O) groups is 2. The van der Waals surface area contributed by atoms with Crippen molar-refractivity contribution in [1.29, 1.82) is 0 Å². The molecule has 49 heavy (non-hydrogen) atoms. The summed E-state index contributed by atoms with van der Waals surface area (Å²) >= 11 is 0. The standard InChI is InChI=1S/C44H86O5/c1-4-5-6-7-8-9-10-11-12-16-19-22-25-28-31-34-37-43(46)48-39-42(45)40-49-44(47)38-35-32-29-26-23-20-17-14-13-15-18-21-24-27-30-33-36-41(2)3/h41-42,45H,4-40H2,1-3H3/t42-/m1/s1. The molecular weight excluding hydrogens is 608 g/mol. The maximum atomic E-state index is 12.0. The van der Waals surface area contributed by atoms with Crippen LogP contribution in [0.25, 0.3) is 0 Å². The monoisotopic (exact) mass is 695 g/mol. The van der Waals surface area contributed by atoms with Crippen LogP contribution in [0.4, 0.5) is 0 Å². The molecule has 0 aliphatic heterocycles. The van der Waals surface area contributed by atoms with Crippen LogP contribution in [0, 0.1) is 5.92 Å². The van der Waals surface area contributed by atoms with E-state index in [0.29, 0.717) is 12.8 Å². The van der Waals surface area contributed by atoms with E-state index in [9.17, 15) is 14.7 Å². The molecule has 0 rings (SSSR count). The zero-order valence-corrected chi connectivity index (χ0v) is 33.4. The van der Waals surface area contributed by atoms with Crippen molar-refractivity contribution in [3.8, 4) is 0 Å². The molecule has 0 heterocycles. The molecule has 0 spiro atoms. The number of carbonyl (C=O) groups excluding carboxylic acids is 2. The minimum atomic E-state index is -0.955. The molecule has 0 aliphatic carbocycles. The van der Waals surface area contributed by atoms with Crippen LogP contribution in [0.15, 0.2) is 0 Å². The lowest BCUT2D eigenvalue weighted by Gasteiger charge is -2.12. The third-order valence-electron chi connectivity index (χ3n) is 10.0. The smallest absolute Gasteiger partial charge is 0.305 e. The first kappa shape index (κ1) is 47.9. The van der Waals surface area contributed by atoms with E-state index in [4.69, 9.17) is 9.47 Å². The van der Waals surface area contributed by atoms with Crippen LogP contribution in [0.2, 0.25) is 0 Å². The van der Waals surface area contributed by atoms with E-state index >= 15 is 0 Å². The summed E-state index contributed by atoms with van der Waals surface area (Å²) in [6.07, 6.45) is 43.1. The Balaban J connectivity index is 3.36. The average molecular weight is 695 g/mol. The van der Waals surface area contributed by atoms with Crippen molar-refractivity contribution in [1.82, 2.24) is 0 Å². The number of rotatable bonds is 40. The fourth-order valence-electron chi connectivity index (χ4n) is 6.68. The molecule has 1 atom stereocenters. The van der Waals surface area contributed by atoms with E-state index in [1.165, 1.54) is 186 Å². The number of unbranched alkanes of at least 4 members (excludes halogenated alkanes) is 30. The normalized spacial score (nSPS) is 12.1. The van der Waals surface area contributed by atoms with Gasteiger partial charge in [-0.3, -0.25) is 9.59 Å². The van der Waals surface area contributed by atoms with E-state index in [1.54, 1.807) is 0 Å². The Morgan fingerprint density at radius 3 is 0.918 bits per heavy atom. The molecule has 0 aromatic heterocycles. The van der Waals surface area contributed by atoms with Crippen LogP contribution < -0.4 is 0 Å². The van der Waals surface area contributed by atoms with Crippen LogP contribution in [-0.4, -0.2) is 36.4 Å². The Morgan fingerprint density at radius 1 is 0.408 bits per heavy atom. The van der Waals surface area contributed by atoms with E-state index in [0.717, 1.165) is 31.6 Å². The molecule has 0 bridgehead atoms. The summed E-state index contributed by atoms with van der Waals surface area (Å²) in [6, 6.07) is 0. The Hall–Kier alpha value is -1.10. The van der Waals surface area contributed by atoms with E-state index in [2.05, 4.69) is 20.8 Å². The third-order valence-corrected chi connectivity index (χ3v) is 10.0. The predicted octanol–water partition coefficient (Wildman–Crippen LogP) is 13.8. The van der Waals surface area contributed by atoms with E-state index in [1.807, 2.05) is 0 Å². The molecule has 0 fully saturated rings. The lowest BCUT2D eigenvalue weighted by atomic mass is 10.0. The minimum absolute atomic E-state index is 0.107. The number of aliphatic hydroxyl groups excluding tert-OH is 1. The highest BCUT2D eigenvalue weighted by molar-refractivity contribution is 5.69. The molecule has 5 nitrogen and oxygen atoms in total. The zero-order valence-electron chi connectivity index (χ0n) is 33.4. The number of hydrogen-bond acceptors (Lipinski definition) is 5. The molecule has 0 saturated heterocycles. The van der Waals surface area contributed by atoms with Gasteiger partial charge in [0.2, 0.25) is 0 Å². The van der Waals surface area contributed by atoms with Gasteiger partial charge in [0, 0.05) is 12.8 Å². The predicted molar refractivity (Wildman–Crippen MR) is 210 cm³/mol. The van der Waals surface area contributed by atoms with E-state index < -0.39 is 6.10 Å². The van der Waals surface area contributed by atoms with Crippen molar-refractivity contribution < 1.29 is 24.2 Å². The summed E-state index contributed by atoms with van der Waals surface area (Å²) in [5.41, 5.74) is 0. The van der Waals surface area contributed by atoms with Gasteiger partial charge in [0.25, 0.3) is 0 Å². The van der Waals surface area contributed by atoms with Crippen LogP contribution in [0.1, 0.15) is 245 Å². The zero-order chi connectivity index (χ0) is 35.9. The molecule has 0 saturated carbocycles. The van der Waals surface area contributed by atoms with Gasteiger partial charge >= 0.3 is 11.9 Å². The van der Waals surface area contributed by atoms with Crippen molar-refractivity contribution >= 4 is 11.9 Å². The van der Waals surface area contributed by atoms with Gasteiger partial charge < -0.3 is 14.6 Å². The Bertz CT molecular complexity index is 678. The maximum absolute atomic E-state index is 12.0.